The lowest BCUT2D eigenvalue weighted by atomic mass is 10.1. The Balaban J connectivity index is 2.40. The zero-order valence-electron chi connectivity index (χ0n) is 11.4. The minimum Gasteiger partial charge on any atom is -0.339 e. The van der Waals surface area contributed by atoms with Crippen LogP contribution in [0.4, 0.5) is 0 Å². The van der Waals surface area contributed by atoms with Crippen molar-refractivity contribution in [1.82, 2.24) is 4.90 Å². The Morgan fingerprint density at radius 3 is 2.30 bits per heavy atom. The van der Waals surface area contributed by atoms with Crippen LogP contribution in [0.3, 0.4) is 0 Å². The number of carbonyl (C=O) groups excluding carboxylic acids is 1. The van der Waals surface area contributed by atoms with Crippen LogP contribution in [0, 0.1) is 6.92 Å². The Kier molecular flexibility index (Phi) is 4.70. The summed E-state index contributed by atoms with van der Waals surface area (Å²) in [6, 6.07) is 4.65. The standard InChI is InChI=1S/C14H18ClNO3S/c1-11-6-7-13(20(15,18)19)12(10-11)14(17)16-8-4-2-3-5-9-16/h6-7,10H,2-5,8-9H2,1H3. The average Bonchev–Trinajstić information content (AvgIpc) is 2.65. The second kappa shape index (κ2) is 6.14. The molecule has 0 atom stereocenters. The predicted molar refractivity (Wildman–Crippen MR) is 78.6 cm³/mol. The summed E-state index contributed by atoms with van der Waals surface area (Å²) in [7, 11) is 1.51. The van der Waals surface area contributed by atoms with Gasteiger partial charge in [0.2, 0.25) is 0 Å². The molecule has 0 bridgehead atoms. The zero-order valence-corrected chi connectivity index (χ0v) is 13.0. The molecule has 0 saturated carbocycles. The third-order valence-corrected chi connectivity index (χ3v) is 4.90. The maximum absolute atomic E-state index is 12.6. The zero-order chi connectivity index (χ0) is 14.8. The van der Waals surface area contributed by atoms with E-state index in [1.807, 2.05) is 6.92 Å². The summed E-state index contributed by atoms with van der Waals surface area (Å²) in [6.45, 7) is 3.17. The van der Waals surface area contributed by atoms with Crippen molar-refractivity contribution in [3.05, 3.63) is 29.3 Å². The molecule has 6 heteroatoms. The molecule has 20 heavy (non-hydrogen) atoms. The van der Waals surface area contributed by atoms with Gasteiger partial charge in [-0.2, -0.15) is 0 Å². The van der Waals surface area contributed by atoms with Crippen molar-refractivity contribution in [1.29, 1.82) is 0 Å². The Morgan fingerprint density at radius 1 is 1.15 bits per heavy atom. The van der Waals surface area contributed by atoms with Crippen LogP contribution in [0.2, 0.25) is 0 Å². The number of rotatable bonds is 2. The number of benzene rings is 1. The fraction of sp³-hybridized carbons (Fsp3) is 0.500. The van der Waals surface area contributed by atoms with Gasteiger partial charge >= 0.3 is 0 Å². The Morgan fingerprint density at radius 2 is 1.75 bits per heavy atom. The molecule has 1 saturated heterocycles. The van der Waals surface area contributed by atoms with Gasteiger partial charge in [-0.05, 0) is 31.9 Å². The number of likely N-dealkylation sites (tertiary alicyclic amines) is 1. The minimum absolute atomic E-state index is 0.0981. The molecule has 0 aromatic heterocycles. The molecule has 1 aromatic rings. The van der Waals surface area contributed by atoms with Crippen LogP contribution in [0.1, 0.15) is 41.6 Å². The second-order valence-electron chi connectivity index (χ2n) is 5.14. The molecule has 0 radical (unpaired) electrons. The lowest BCUT2D eigenvalue weighted by molar-refractivity contribution is 0.0757. The number of amides is 1. The minimum atomic E-state index is -3.92. The van der Waals surface area contributed by atoms with E-state index in [0.717, 1.165) is 31.2 Å². The van der Waals surface area contributed by atoms with E-state index in [1.165, 1.54) is 6.07 Å². The van der Waals surface area contributed by atoms with Crippen molar-refractivity contribution >= 4 is 25.6 Å². The van der Waals surface area contributed by atoms with E-state index in [-0.39, 0.29) is 16.4 Å². The summed E-state index contributed by atoms with van der Waals surface area (Å²) in [4.78, 5) is 14.2. The normalized spacial score (nSPS) is 16.8. The number of hydrogen-bond donors (Lipinski definition) is 0. The van der Waals surface area contributed by atoms with E-state index in [9.17, 15) is 13.2 Å². The van der Waals surface area contributed by atoms with Gasteiger partial charge in [0, 0.05) is 23.8 Å². The SMILES string of the molecule is Cc1ccc(S(=O)(=O)Cl)c(C(=O)N2CCCCCC2)c1. The molecule has 1 aliphatic heterocycles. The molecule has 1 fully saturated rings. The fourth-order valence-electron chi connectivity index (χ4n) is 2.47. The third-order valence-electron chi connectivity index (χ3n) is 3.52. The highest BCUT2D eigenvalue weighted by Crippen LogP contribution is 2.24. The predicted octanol–water partition coefficient (Wildman–Crippen LogP) is 2.94. The van der Waals surface area contributed by atoms with Gasteiger partial charge in [-0.1, -0.05) is 24.5 Å². The van der Waals surface area contributed by atoms with Crippen molar-refractivity contribution in [2.45, 2.75) is 37.5 Å². The molecule has 2 rings (SSSR count). The maximum Gasteiger partial charge on any atom is 0.262 e. The highest BCUT2D eigenvalue weighted by Gasteiger charge is 2.25. The van der Waals surface area contributed by atoms with Crippen LogP contribution in [0.5, 0.6) is 0 Å². The average molecular weight is 316 g/mol. The number of halogens is 1. The first-order chi connectivity index (χ1) is 9.39. The molecule has 0 unspecified atom stereocenters. The topological polar surface area (TPSA) is 54.5 Å². The van der Waals surface area contributed by atoms with E-state index in [0.29, 0.717) is 13.1 Å². The van der Waals surface area contributed by atoms with E-state index in [2.05, 4.69) is 0 Å². The summed E-state index contributed by atoms with van der Waals surface area (Å²) in [6.07, 6.45) is 4.14. The summed E-state index contributed by atoms with van der Waals surface area (Å²) in [5.41, 5.74) is 1.02. The van der Waals surface area contributed by atoms with Crippen LogP contribution < -0.4 is 0 Å². The van der Waals surface area contributed by atoms with Crippen molar-refractivity contribution in [2.75, 3.05) is 13.1 Å². The van der Waals surface area contributed by atoms with E-state index in [1.54, 1.807) is 17.0 Å². The van der Waals surface area contributed by atoms with Gasteiger partial charge in [0.25, 0.3) is 15.0 Å². The highest BCUT2D eigenvalue weighted by molar-refractivity contribution is 8.13. The molecule has 1 heterocycles. The fourth-order valence-corrected chi connectivity index (χ4v) is 3.51. The van der Waals surface area contributed by atoms with Crippen LogP contribution in [0.25, 0.3) is 0 Å². The summed E-state index contributed by atoms with van der Waals surface area (Å²) >= 11 is 0. The summed E-state index contributed by atoms with van der Waals surface area (Å²) in [5.74, 6) is -0.241. The van der Waals surface area contributed by atoms with E-state index >= 15 is 0 Å². The summed E-state index contributed by atoms with van der Waals surface area (Å²) < 4.78 is 23.2. The third kappa shape index (κ3) is 3.52. The number of nitrogens with zero attached hydrogens (tertiary/aromatic N) is 1. The lowest BCUT2D eigenvalue weighted by Gasteiger charge is -2.21. The number of aryl methyl sites for hydroxylation is 1. The van der Waals surface area contributed by atoms with Crippen LogP contribution in [-0.4, -0.2) is 32.3 Å². The molecule has 1 aromatic carbocycles. The monoisotopic (exact) mass is 315 g/mol. The maximum atomic E-state index is 12.6. The van der Waals surface area contributed by atoms with Gasteiger partial charge < -0.3 is 4.90 Å². The second-order valence-corrected chi connectivity index (χ2v) is 7.68. The highest BCUT2D eigenvalue weighted by atomic mass is 35.7. The molecule has 4 nitrogen and oxygen atoms in total. The van der Waals surface area contributed by atoms with Gasteiger partial charge in [-0.3, -0.25) is 4.79 Å². The Labute approximate surface area is 124 Å². The van der Waals surface area contributed by atoms with Crippen LogP contribution in [0.15, 0.2) is 23.1 Å². The molecular weight excluding hydrogens is 298 g/mol. The first-order valence-corrected chi connectivity index (χ1v) is 9.05. The van der Waals surface area contributed by atoms with Crippen molar-refractivity contribution < 1.29 is 13.2 Å². The van der Waals surface area contributed by atoms with Crippen molar-refractivity contribution in [2.24, 2.45) is 0 Å². The van der Waals surface area contributed by atoms with Gasteiger partial charge in [-0.25, -0.2) is 8.42 Å². The van der Waals surface area contributed by atoms with Crippen LogP contribution >= 0.6 is 10.7 Å². The molecule has 0 spiro atoms. The van der Waals surface area contributed by atoms with E-state index in [4.69, 9.17) is 10.7 Å². The Bertz CT molecular complexity index is 605. The van der Waals surface area contributed by atoms with Gasteiger partial charge in [-0.15, -0.1) is 0 Å². The van der Waals surface area contributed by atoms with Crippen LogP contribution in [-0.2, 0) is 9.05 Å². The van der Waals surface area contributed by atoms with Crippen molar-refractivity contribution in [3.63, 3.8) is 0 Å². The molecular formula is C14H18ClNO3S. The Hall–Kier alpha value is -1.07. The smallest absolute Gasteiger partial charge is 0.262 e. The number of hydrogen-bond acceptors (Lipinski definition) is 3. The molecule has 110 valence electrons. The van der Waals surface area contributed by atoms with E-state index < -0.39 is 9.05 Å². The number of carbonyl (C=O) groups is 1. The first-order valence-electron chi connectivity index (χ1n) is 6.74. The molecule has 1 amide bonds. The largest absolute Gasteiger partial charge is 0.339 e. The summed E-state index contributed by atoms with van der Waals surface area (Å²) in [5, 5.41) is 0. The van der Waals surface area contributed by atoms with Gasteiger partial charge in [0.15, 0.2) is 0 Å². The molecule has 0 N–H and O–H groups in total. The van der Waals surface area contributed by atoms with Crippen molar-refractivity contribution in [3.8, 4) is 0 Å². The molecule has 0 aliphatic carbocycles. The van der Waals surface area contributed by atoms with Gasteiger partial charge in [0.05, 0.1) is 10.5 Å². The molecule has 1 aliphatic rings. The van der Waals surface area contributed by atoms with Gasteiger partial charge in [0.1, 0.15) is 0 Å². The first kappa shape index (κ1) is 15.3. The quantitative estimate of drug-likeness (QED) is 0.788. The lowest BCUT2D eigenvalue weighted by Crippen LogP contribution is -2.32.